The van der Waals surface area contributed by atoms with Crippen molar-refractivity contribution >= 4 is 5.91 Å². The molecule has 2 N–H and O–H groups in total. The molecule has 1 heterocycles. The van der Waals surface area contributed by atoms with Crippen molar-refractivity contribution in [3.63, 3.8) is 0 Å². The van der Waals surface area contributed by atoms with Crippen LogP contribution in [0.25, 0.3) is 0 Å². The normalized spacial score (nSPS) is 12.2. The maximum Gasteiger partial charge on any atom is 0.266 e. The van der Waals surface area contributed by atoms with Gasteiger partial charge in [-0.3, -0.25) is 9.59 Å². The molecule has 4 nitrogen and oxygen atoms in total. The van der Waals surface area contributed by atoms with E-state index in [2.05, 4.69) is 10.3 Å². The number of hydrogen-bond acceptors (Lipinski definition) is 2. The highest BCUT2D eigenvalue weighted by Gasteiger charge is 2.20. The van der Waals surface area contributed by atoms with E-state index in [0.29, 0.717) is 0 Å². The zero-order valence-corrected chi connectivity index (χ0v) is 11.6. The Hall–Kier alpha value is -2.57. The molecule has 2 rings (SSSR count). The molecule has 1 atom stereocenters. The van der Waals surface area contributed by atoms with Gasteiger partial charge in [-0.1, -0.05) is 18.2 Å². The second-order valence-corrected chi connectivity index (χ2v) is 4.69. The number of aromatic nitrogens is 1. The van der Waals surface area contributed by atoms with Crippen molar-refractivity contribution in [3.8, 4) is 0 Å². The lowest BCUT2D eigenvalue weighted by Gasteiger charge is -2.16. The van der Waals surface area contributed by atoms with Crippen molar-refractivity contribution < 1.29 is 18.0 Å². The van der Waals surface area contributed by atoms with E-state index in [1.54, 1.807) is 0 Å². The van der Waals surface area contributed by atoms with Crippen LogP contribution in [0.1, 0.15) is 40.9 Å². The molecule has 7 heteroatoms. The molecule has 116 valence electrons. The molecule has 0 radical (unpaired) electrons. The highest BCUT2D eigenvalue weighted by Crippen LogP contribution is 2.27. The fraction of sp³-hybridized carbons (Fsp3) is 0.200. The smallest absolute Gasteiger partial charge is 0.266 e. The second-order valence-electron chi connectivity index (χ2n) is 4.69. The maximum absolute atomic E-state index is 14.0. The number of nitrogens with one attached hydrogen (secondary N) is 2. The summed E-state index contributed by atoms with van der Waals surface area (Å²) in [4.78, 5) is 25.2. The molecular weight excluding hydrogens is 297 g/mol. The van der Waals surface area contributed by atoms with Gasteiger partial charge in [0, 0.05) is 17.8 Å². The minimum Gasteiger partial charge on any atom is -0.345 e. The van der Waals surface area contributed by atoms with Crippen LogP contribution in [0.4, 0.5) is 13.2 Å². The van der Waals surface area contributed by atoms with Gasteiger partial charge in [0.2, 0.25) is 5.56 Å². The summed E-state index contributed by atoms with van der Waals surface area (Å²) in [6.45, 7) is 1.48. The van der Waals surface area contributed by atoms with Gasteiger partial charge >= 0.3 is 0 Å². The number of H-pyrrole nitrogens is 1. The van der Waals surface area contributed by atoms with Crippen molar-refractivity contribution in [3.05, 3.63) is 69.4 Å². The number of alkyl halides is 2. The number of carbonyl (C=O) groups excluding carboxylic acids is 1. The summed E-state index contributed by atoms with van der Waals surface area (Å²) < 4.78 is 39.4. The number of aromatic amines is 1. The van der Waals surface area contributed by atoms with Crippen molar-refractivity contribution in [1.82, 2.24) is 10.3 Å². The predicted octanol–water partition coefficient (Wildman–Crippen LogP) is 2.94. The van der Waals surface area contributed by atoms with Crippen LogP contribution in [0.15, 0.2) is 41.3 Å². The number of halogens is 3. The number of carbonyl (C=O) groups is 1. The first-order valence-electron chi connectivity index (χ1n) is 6.46. The van der Waals surface area contributed by atoms with Crippen LogP contribution in [-0.4, -0.2) is 10.9 Å². The van der Waals surface area contributed by atoms with E-state index in [-0.39, 0.29) is 16.7 Å². The average molecular weight is 310 g/mol. The lowest BCUT2D eigenvalue weighted by molar-refractivity contribution is 0.0939. The Labute approximate surface area is 124 Å². The van der Waals surface area contributed by atoms with Crippen LogP contribution in [0.3, 0.4) is 0 Å². The highest BCUT2D eigenvalue weighted by molar-refractivity contribution is 5.94. The molecule has 0 saturated carbocycles. The quantitative estimate of drug-likeness (QED) is 0.912. The van der Waals surface area contributed by atoms with Crippen molar-refractivity contribution in [1.29, 1.82) is 0 Å². The minimum atomic E-state index is -2.93. The largest absolute Gasteiger partial charge is 0.345 e. The summed E-state index contributed by atoms with van der Waals surface area (Å²) in [7, 11) is 0. The molecular formula is C15H13F3N2O2. The Balaban J connectivity index is 2.20. The SMILES string of the molecule is CC(NC(=O)c1ccc(=O)[nH]c1)c1cccc(C(F)F)c1F. The van der Waals surface area contributed by atoms with Gasteiger partial charge in [0.25, 0.3) is 12.3 Å². The summed E-state index contributed by atoms with van der Waals surface area (Å²) in [6.07, 6.45) is -1.71. The Morgan fingerprint density at radius 3 is 2.45 bits per heavy atom. The fourth-order valence-electron chi connectivity index (χ4n) is 1.98. The van der Waals surface area contributed by atoms with Gasteiger partial charge in [-0.05, 0) is 13.0 Å². The topological polar surface area (TPSA) is 62.0 Å². The zero-order valence-electron chi connectivity index (χ0n) is 11.6. The standard InChI is InChI=1S/C15H13F3N2O2/c1-8(10-3-2-4-11(13(10)16)14(17)18)20-15(22)9-5-6-12(21)19-7-9/h2-8,14H,1H3,(H,19,21)(H,20,22). The summed E-state index contributed by atoms with van der Waals surface area (Å²) in [6, 6.07) is 5.32. The lowest BCUT2D eigenvalue weighted by Crippen LogP contribution is -2.28. The summed E-state index contributed by atoms with van der Waals surface area (Å²) >= 11 is 0. The van der Waals surface area contributed by atoms with Crippen molar-refractivity contribution in [2.24, 2.45) is 0 Å². The number of rotatable bonds is 4. The summed E-state index contributed by atoms with van der Waals surface area (Å²) in [5.74, 6) is -1.59. The minimum absolute atomic E-state index is 0.0319. The fourth-order valence-corrected chi connectivity index (χ4v) is 1.98. The van der Waals surface area contributed by atoms with Gasteiger partial charge in [-0.2, -0.15) is 0 Å². The first kappa shape index (κ1) is 15.8. The molecule has 22 heavy (non-hydrogen) atoms. The van der Waals surface area contributed by atoms with Crippen LogP contribution < -0.4 is 10.9 Å². The molecule has 0 bridgehead atoms. The average Bonchev–Trinajstić information content (AvgIpc) is 2.47. The maximum atomic E-state index is 14.0. The summed E-state index contributed by atoms with van der Waals surface area (Å²) in [5.41, 5.74) is -0.921. The van der Waals surface area contributed by atoms with Crippen molar-refractivity contribution in [2.45, 2.75) is 19.4 Å². The van der Waals surface area contributed by atoms with E-state index < -0.39 is 29.8 Å². The third-order valence-electron chi connectivity index (χ3n) is 3.15. The molecule has 0 saturated heterocycles. The molecule has 0 aliphatic rings. The lowest BCUT2D eigenvalue weighted by atomic mass is 10.0. The Kier molecular flexibility index (Phi) is 4.65. The Morgan fingerprint density at radius 1 is 1.18 bits per heavy atom. The van der Waals surface area contributed by atoms with Crippen LogP contribution in [-0.2, 0) is 0 Å². The van der Waals surface area contributed by atoms with E-state index in [1.807, 2.05) is 0 Å². The first-order chi connectivity index (χ1) is 10.4. The Morgan fingerprint density at radius 2 is 1.86 bits per heavy atom. The predicted molar refractivity (Wildman–Crippen MR) is 74.3 cm³/mol. The number of hydrogen-bond donors (Lipinski definition) is 2. The number of amides is 1. The molecule has 1 aromatic carbocycles. The highest BCUT2D eigenvalue weighted by atomic mass is 19.3. The third kappa shape index (κ3) is 3.36. The van der Waals surface area contributed by atoms with E-state index >= 15 is 0 Å². The van der Waals surface area contributed by atoms with Crippen LogP contribution in [0.5, 0.6) is 0 Å². The third-order valence-corrected chi connectivity index (χ3v) is 3.15. The molecule has 1 amide bonds. The first-order valence-corrected chi connectivity index (χ1v) is 6.46. The van der Waals surface area contributed by atoms with Gasteiger partial charge in [0.15, 0.2) is 0 Å². The Bertz CT molecular complexity index is 723. The van der Waals surface area contributed by atoms with Gasteiger partial charge in [0.05, 0.1) is 17.2 Å². The molecule has 0 fully saturated rings. The number of pyridine rings is 1. The van der Waals surface area contributed by atoms with E-state index in [9.17, 15) is 22.8 Å². The van der Waals surface area contributed by atoms with E-state index in [0.717, 1.165) is 6.07 Å². The molecule has 2 aromatic rings. The molecule has 1 unspecified atom stereocenters. The molecule has 0 spiro atoms. The van der Waals surface area contributed by atoms with Gasteiger partial charge in [-0.15, -0.1) is 0 Å². The zero-order chi connectivity index (χ0) is 16.3. The monoisotopic (exact) mass is 310 g/mol. The van der Waals surface area contributed by atoms with Crippen LogP contribution in [0, 0.1) is 5.82 Å². The van der Waals surface area contributed by atoms with Gasteiger partial charge in [-0.25, -0.2) is 13.2 Å². The van der Waals surface area contributed by atoms with Gasteiger partial charge < -0.3 is 10.3 Å². The number of benzene rings is 1. The molecule has 0 aliphatic heterocycles. The van der Waals surface area contributed by atoms with E-state index in [1.165, 1.54) is 37.4 Å². The van der Waals surface area contributed by atoms with E-state index in [4.69, 9.17) is 0 Å². The van der Waals surface area contributed by atoms with Crippen LogP contribution in [0.2, 0.25) is 0 Å². The van der Waals surface area contributed by atoms with Crippen LogP contribution >= 0.6 is 0 Å². The van der Waals surface area contributed by atoms with Gasteiger partial charge in [0.1, 0.15) is 5.82 Å². The molecule has 1 aromatic heterocycles. The van der Waals surface area contributed by atoms with Crippen molar-refractivity contribution in [2.75, 3.05) is 0 Å². The second kappa shape index (κ2) is 6.46. The molecule has 0 aliphatic carbocycles. The summed E-state index contributed by atoms with van der Waals surface area (Å²) in [5, 5.41) is 2.49.